The highest BCUT2D eigenvalue weighted by molar-refractivity contribution is 8.08. The van der Waals surface area contributed by atoms with Crippen LogP contribution < -0.4 is 5.32 Å². The van der Waals surface area contributed by atoms with Crippen LogP contribution in [-0.4, -0.2) is 11.8 Å². The molecule has 116 valence electrons. The Kier molecular flexibility index (Phi) is 5.02. The Hall–Kier alpha value is -1.40. The fourth-order valence-corrected chi connectivity index (χ4v) is 4.03. The molecule has 0 bridgehead atoms. The molecule has 1 N–H and O–H groups in total. The summed E-state index contributed by atoms with van der Waals surface area (Å²) in [6.07, 6.45) is 0. The van der Waals surface area contributed by atoms with Crippen molar-refractivity contribution in [3.8, 4) is 0 Å². The van der Waals surface area contributed by atoms with Gasteiger partial charge < -0.3 is 0 Å². The molecule has 1 heterocycles. The van der Waals surface area contributed by atoms with Crippen LogP contribution in [0.15, 0.2) is 68.1 Å². The van der Waals surface area contributed by atoms with Crippen molar-refractivity contribution in [3.63, 3.8) is 0 Å². The minimum absolute atomic E-state index is 0.383. The SMILES string of the molecule is O=C1NC(=O)C(Sc2ccc(Cl)cc2)=C1Sc1ccc(Cl)cc1. The maximum Gasteiger partial charge on any atom is 0.266 e. The first-order valence-corrected chi connectivity index (χ1v) is 8.88. The molecule has 0 atom stereocenters. The second kappa shape index (κ2) is 7.01. The van der Waals surface area contributed by atoms with Crippen molar-refractivity contribution in [3.05, 3.63) is 68.4 Å². The summed E-state index contributed by atoms with van der Waals surface area (Å²) in [7, 11) is 0. The molecule has 2 aromatic carbocycles. The summed E-state index contributed by atoms with van der Waals surface area (Å²) in [5.74, 6) is -0.766. The van der Waals surface area contributed by atoms with Gasteiger partial charge in [0.1, 0.15) is 0 Å². The Balaban J connectivity index is 1.90. The van der Waals surface area contributed by atoms with E-state index in [0.29, 0.717) is 19.9 Å². The molecule has 2 amide bonds. The van der Waals surface area contributed by atoms with Crippen LogP contribution in [0.4, 0.5) is 0 Å². The van der Waals surface area contributed by atoms with Gasteiger partial charge in [0.15, 0.2) is 0 Å². The molecule has 3 nitrogen and oxygen atoms in total. The predicted molar refractivity (Wildman–Crippen MR) is 94.8 cm³/mol. The number of carbonyl (C=O) groups is 2. The van der Waals surface area contributed by atoms with E-state index in [4.69, 9.17) is 23.2 Å². The largest absolute Gasteiger partial charge is 0.287 e. The monoisotopic (exact) mass is 381 g/mol. The number of nitrogens with one attached hydrogen (secondary N) is 1. The van der Waals surface area contributed by atoms with Gasteiger partial charge in [0.05, 0.1) is 9.81 Å². The van der Waals surface area contributed by atoms with E-state index in [1.807, 2.05) is 0 Å². The molecule has 7 heteroatoms. The number of rotatable bonds is 4. The number of amides is 2. The minimum atomic E-state index is -0.383. The van der Waals surface area contributed by atoms with E-state index < -0.39 is 0 Å². The first-order valence-electron chi connectivity index (χ1n) is 6.50. The minimum Gasteiger partial charge on any atom is -0.287 e. The lowest BCUT2D eigenvalue weighted by Gasteiger charge is -2.04. The highest BCUT2D eigenvalue weighted by atomic mass is 35.5. The number of hydrogen-bond donors (Lipinski definition) is 1. The van der Waals surface area contributed by atoms with Gasteiger partial charge in [0.25, 0.3) is 11.8 Å². The van der Waals surface area contributed by atoms with E-state index in [0.717, 1.165) is 9.79 Å². The third kappa shape index (κ3) is 3.93. The van der Waals surface area contributed by atoms with E-state index >= 15 is 0 Å². The van der Waals surface area contributed by atoms with Gasteiger partial charge in [-0.3, -0.25) is 14.9 Å². The van der Waals surface area contributed by atoms with Crippen molar-refractivity contribution in [2.24, 2.45) is 0 Å². The molecule has 3 rings (SSSR count). The third-order valence-electron chi connectivity index (χ3n) is 2.91. The maximum atomic E-state index is 12.0. The van der Waals surface area contributed by atoms with Crippen LogP contribution in [0, 0.1) is 0 Å². The van der Waals surface area contributed by atoms with Crippen molar-refractivity contribution < 1.29 is 9.59 Å². The topological polar surface area (TPSA) is 46.2 Å². The molecule has 0 aliphatic carbocycles. The Morgan fingerprint density at radius 2 is 1.00 bits per heavy atom. The summed E-state index contributed by atoms with van der Waals surface area (Å²) in [5.41, 5.74) is 0. The van der Waals surface area contributed by atoms with E-state index in [1.54, 1.807) is 48.5 Å². The van der Waals surface area contributed by atoms with Gasteiger partial charge in [-0.05, 0) is 48.5 Å². The molecular formula is C16H9Cl2NO2S2. The standard InChI is InChI=1S/C16H9Cl2NO2S2/c17-9-1-5-11(6-2-9)22-13-14(16(21)19-15(13)20)23-12-7-3-10(18)4-8-12/h1-8H,(H,19,20,21). The zero-order valence-electron chi connectivity index (χ0n) is 11.5. The zero-order valence-corrected chi connectivity index (χ0v) is 14.7. The maximum absolute atomic E-state index is 12.0. The second-order valence-electron chi connectivity index (χ2n) is 4.55. The van der Waals surface area contributed by atoms with Gasteiger partial charge in [-0.2, -0.15) is 0 Å². The molecule has 0 saturated heterocycles. The number of imide groups is 1. The second-order valence-corrected chi connectivity index (χ2v) is 7.59. The lowest BCUT2D eigenvalue weighted by atomic mass is 10.4. The van der Waals surface area contributed by atoms with Gasteiger partial charge in [0.2, 0.25) is 0 Å². The highest BCUT2D eigenvalue weighted by Gasteiger charge is 2.31. The number of benzene rings is 2. The highest BCUT2D eigenvalue weighted by Crippen LogP contribution is 2.39. The first kappa shape index (κ1) is 16.5. The van der Waals surface area contributed by atoms with Crippen LogP contribution in [0.1, 0.15) is 0 Å². The third-order valence-corrected chi connectivity index (χ3v) is 5.75. The Morgan fingerprint density at radius 1 is 0.652 bits per heavy atom. The molecule has 0 saturated carbocycles. The molecule has 0 radical (unpaired) electrons. The quantitative estimate of drug-likeness (QED) is 0.776. The van der Waals surface area contributed by atoms with Gasteiger partial charge in [0, 0.05) is 19.8 Å². The lowest BCUT2D eigenvalue weighted by Crippen LogP contribution is -2.22. The lowest BCUT2D eigenvalue weighted by molar-refractivity contribution is -0.123. The molecule has 0 spiro atoms. The Labute approximate surface area is 151 Å². The average Bonchev–Trinajstić information content (AvgIpc) is 2.78. The summed E-state index contributed by atoms with van der Waals surface area (Å²) in [6.45, 7) is 0. The fourth-order valence-electron chi connectivity index (χ4n) is 1.85. The summed E-state index contributed by atoms with van der Waals surface area (Å²) in [5, 5.41) is 3.57. The normalized spacial score (nSPS) is 14.3. The fraction of sp³-hybridized carbons (Fsp3) is 0. The molecule has 23 heavy (non-hydrogen) atoms. The number of halogens is 2. The summed E-state index contributed by atoms with van der Waals surface area (Å²) < 4.78 is 0. The van der Waals surface area contributed by atoms with E-state index in [1.165, 1.54) is 23.5 Å². The van der Waals surface area contributed by atoms with Crippen molar-refractivity contribution in [1.82, 2.24) is 5.32 Å². The van der Waals surface area contributed by atoms with Crippen molar-refractivity contribution in [2.45, 2.75) is 9.79 Å². The number of thioether (sulfide) groups is 2. The Morgan fingerprint density at radius 3 is 1.35 bits per heavy atom. The van der Waals surface area contributed by atoms with Crippen LogP contribution in [0.25, 0.3) is 0 Å². The van der Waals surface area contributed by atoms with Gasteiger partial charge in [-0.15, -0.1) is 0 Å². The van der Waals surface area contributed by atoms with Crippen molar-refractivity contribution >= 4 is 58.5 Å². The summed E-state index contributed by atoms with van der Waals surface area (Å²) in [4.78, 5) is 26.5. The Bertz CT molecular complexity index is 734. The van der Waals surface area contributed by atoms with Crippen LogP contribution in [-0.2, 0) is 9.59 Å². The summed E-state index contributed by atoms with van der Waals surface area (Å²) >= 11 is 14.2. The van der Waals surface area contributed by atoms with Crippen molar-refractivity contribution in [2.75, 3.05) is 0 Å². The molecule has 2 aromatic rings. The smallest absolute Gasteiger partial charge is 0.266 e. The van der Waals surface area contributed by atoms with Gasteiger partial charge >= 0.3 is 0 Å². The molecule has 0 fully saturated rings. The van der Waals surface area contributed by atoms with Crippen LogP contribution in [0.5, 0.6) is 0 Å². The molecule has 1 aliphatic heterocycles. The van der Waals surface area contributed by atoms with E-state index in [9.17, 15) is 9.59 Å². The van der Waals surface area contributed by atoms with E-state index in [2.05, 4.69) is 5.32 Å². The molecular weight excluding hydrogens is 373 g/mol. The van der Waals surface area contributed by atoms with E-state index in [-0.39, 0.29) is 11.8 Å². The van der Waals surface area contributed by atoms with Crippen LogP contribution in [0.2, 0.25) is 10.0 Å². The first-order chi connectivity index (χ1) is 11.0. The van der Waals surface area contributed by atoms with Crippen molar-refractivity contribution in [1.29, 1.82) is 0 Å². The average molecular weight is 382 g/mol. The molecule has 0 unspecified atom stereocenters. The van der Waals surface area contributed by atoms with Gasteiger partial charge in [-0.25, -0.2) is 0 Å². The number of carbonyl (C=O) groups excluding carboxylic acids is 2. The van der Waals surface area contributed by atoms with Crippen LogP contribution >= 0.6 is 46.7 Å². The number of hydrogen-bond acceptors (Lipinski definition) is 4. The molecule has 1 aliphatic rings. The predicted octanol–water partition coefficient (Wildman–Crippen LogP) is 4.75. The van der Waals surface area contributed by atoms with Gasteiger partial charge in [-0.1, -0.05) is 46.7 Å². The molecule has 0 aromatic heterocycles. The van der Waals surface area contributed by atoms with Crippen LogP contribution in [0.3, 0.4) is 0 Å². The summed E-state index contributed by atoms with van der Waals surface area (Å²) in [6, 6.07) is 14.2. The zero-order chi connectivity index (χ0) is 16.4.